The predicted molar refractivity (Wildman–Crippen MR) is 93.7 cm³/mol. The summed E-state index contributed by atoms with van der Waals surface area (Å²) in [4.78, 5) is 12.6. The highest BCUT2D eigenvalue weighted by Gasteiger charge is 2.21. The molecule has 130 valence electrons. The van der Waals surface area contributed by atoms with Gasteiger partial charge in [-0.25, -0.2) is 0 Å². The lowest BCUT2D eigenvalue weighted by Gasteiger charge is -2.14. The van der Waals surface area contributed by atoms with Crippen molar-refractivity contribution in [3.05, 3.63) is 28.8 Å². The Morgan fingerprint density at radius 3 is 2.79 bits per heavy atom. The van der Waals surface area contributed by atoms with E-state index < -0.39 is 0 Å². The number of ketones is 1. The first-order chi connectivity index (χ1) is 11.5. The summed E-state index contributed by atoms with van der Waals surface area (Å²) in [6.07, 6.45) is 2.50. The van der Waals surface area contributed by atoms with Crippen LogP contribution < -0.4 is 0 Å². The minimum atomic E-state index is 0.132. The van der Waals surface area contributed by atoms with Gasteiger partial charge in [0.15, 0.2) is 10.9 Å². The van der Waals surface area contributed by atoms with Crippen LogP contribution in [0.5, 0.6) is 0 Å². The number of Topliss-reactive ketones (excluding diaryl/α,β-unsaturated/α-hetero) is 1. The zero-order chi connectivity index (χ0) is 17.3. The fourth-order valence-electron chi connectivity index (χ4n) is 3.08. The van der Waals surface area contributed by atoms with E-state index in [0.29, 0.717) is 5.75 Å². The van der Waals surface area contributed by atoms with E-state index in [0.717, 1.165) is 53.9 Å². The van der Waals surface area contributed by atoms with Crippen LogP contribution in [0.3, 0.4) is 0 Å². The monoisotopic (exact) mass is 348 g/mol. The van der Waals surface area contributed by atoms with E-state index in [1.54, 1.807) is 0 Å². The van der Waals surface area contributed by atoms with Crippen LogP contribution in [0.15, 0.2) is 11.2 Å². The van der Waals surface area contributed by atoms with Crippen molar-refractivity contribution in [3.8, 4) is 0 Å². The number of aryl methyl sites for hydroxylation is 2. The minimum absolute atomic E-state index is 0.132. The summed E-state index contributed by atoms with van der Waals surface area (Å²) in [6, 6.07) is 2.00. The second-order valence-electron chi connectivity index (χ2n) is 6.33. The molecule has 2 aromatic rings. The zero-order valence-electron chi connectivity index (χ0n) is 14.7. The van der Waals surface area contributed by atoms with E-state index >= 15 is 0 Å². The van der Waals surface area contributed by atoms with Crippen LogP contribution in [0.2, 0.25) is 0 Å². The van der Waals surface area contributed by atoms with Gasteiger partial charge in [-0.05, 0) is 39.7 Å². The number of carbonyl (C=O) groups excluding carboxylic acids is 1. The largest absolute Gasteiger partial charge is 0.376 e. The molecule has 0 spiro atoms. The Labute approximate surface area is 146 Å². The van der Waals surface area contributed by atoms with Crippen molar-refractivity contribution in [2.75, 3.05) is 12.4 Å². The van der Waals surface area contributed by atoms with Crippen molar-refractivity contribution in [1.29, 1.82) is 0 Å². The first-order valence-electron chi connectivity index (χ1n) is 8.27. The number of ether oxygens (including phenoxy) is 1. The van der Waals surface area contributed by atoms with Gasteiger partial charge in [-0.3, -0.25) is 4.79 Å². The highest BCUT2D eigenvalue weighted by molar-refractivity contribution is 7.99. The van der Waals surface area contributed by atoms with Gasteiger partial charge >= 0.3 is 0 Å². The van der Waals surface area contributed by atoms with Gasteiger partial charge in [0.25, 0.3) is 0 Å². The lowest BCUT2D eigenvalue weighted by Crippen LogP contribution is -2.17. The van der Waals surface area contributed by atoms with Crippen molar-refractivity contribution >= 4 is 17.5 Å². The second-order valence-corrected chi connectivity index (χ2v) is 7.27. The maximum absolute atomic E-state index is 12.6. The zero-order valence-corrected chi connectivity index (χ0v) is 15.5. The maximum atomic E-state index is 12.6. The Bertz CT molecular complexity index is 744. The molecule has 3 heterocycles. The van der Waals surface area contributed by atoms with E-state index in [-0.39, 0.29) is 11.9 Å². The van der Waals surface area contributed by atoms with Crippen LogP contribution in [-0.4, -0.2) is 43.6 Å². The Morgan fingerprint density at radius 2 is 2.17 bits per heavy atom. The second kappa shape index (κ2) is 7.11. The third-order valence-electron chi connectivity index (χ3n) is 4.67. The fourth-order valence-corrected chi connectivity index (χ4v) is 3.92. The normalized spacial score (nSPS) is 17.6. The molecule has 3 rings (SSSR count). The molecule has 6 nitrogen and oxygen atoms in total. The van der Waals surface area contributed by atoms with Gasteiger partial charge in [-0.15, -0.1) is 10.2 Å². The number of hydrogen-bond acceptors (Lipinski definition) is 5. The van der Waals surface area contributed by atoms with Crippen LogP contribution in [0, 0.1) is 20.8 Å². The van der Waals surface area contributed by atoms with E-state index in [4.69, 9.17) is 4.74 Å². The highest BCUT2D eigenvalue weighted by atomic mass is 32.2. The highest BCUT2D eigenvalue weighted by Crippen LogP contribution is 2.23. The molecule has 1 aliphatic heterocycles. The van der Waals surface area contributed by atoms with Gasteiger partial charge in [0.1, 0.15) is 5.82 Å². The molecule has 0 aromatic carbocycles. The van der Waals surface area contributed by atoms with Gasteiger partial charge < -0.3 is 13.9 Å². The van der Waals surface area contributed by atoms with Gasteiger partial charge in [-0.2, -0.15) is 0 Å². The molecule has 0 unspecified atom stereocenters. The van der Waals surface area contributed by atoms with E-state index in [1.165, 1.54) is 11.8 Å². The average Bonchev–Trinajstić information content (AvgIpc) is 3.24. The number of thioether (sulfide) groups is 1. The van der Waals surface area contributed by atoms with Gasteiger partial charge in [0, 0.05) is 37.2 Å². The summed E-state index contributed by atoms with van der Waals surface area (Å²) < 4.78 is 9.84. The standard InChI is InChI=1S/C17H24N4O2S/c1-11-8-15(12(2)21(11)9-14-6-5-7-23-14)16(22)10-24-17-19-18-13(3)20(17)4/h8,14H,5-7,9-10H2,1-4H3/t14-/m1/s1. The van der Waals surface area contributed by atoms with Crippen molar-refractivity contribution < 1.29 is 9.53 Å². The van der Waals surface area contributed by atoms with Crippen LogP contribution in [0.25, 0.3) is 0 Å². The molecule has 0 aliphatic carbocycles. The molecule has 24 heavy (non-hydrogen) atoms. The Hall–Kier alpha value is -1.60. The quantitative estimate of drug-likeness (QED) is 0.593. The smallest absolute Gasteiger partial charge is 0.191 e. The van der Waals surface area contributed by atoms with E-state index in [2.05, 4.69) is 21.7 Å². The fraction of sp³-hybridized carbons (Fsp3) is 0.588. The van der Waals surface area contributed by atoms with Crippen LogP contribution in [-0.2, 0) is 18.3 Å². The molecule has 1 atom stereocenters. The molecule has 0 amide bonds. The lowest BCUT2D eigenvalue weighted by molar-refractivity contribution is 0.0957. The molecular weight excluding hydrogens is 324 g/mol. The molecule has 0 bridgehead atoms. The Balaban J connectivity index is 1.69. The minimum Gasteiger partial charge on any atom is -0.376 e. The van der Waals surface area contributed by atoms with Crippen LogP contribution in [0.1, 0.15) is 40.4 Å². The molecule has 0 radical (unpaired) electrons. The molecule has 1 fully saturated rings. The summed E-state index contributed by atoms with van der Waals surface area (Å²) in [5.41, 5.74) is 2.95. The predicted octanol–water partition coefficient (Wildman–Crippen LogP) is 2.70. The number of carbonyl (C=O) groups is 1. The van der Waals surface area contributed by atoms with Gasteiger partial charge in [0.05, 0.1) is 11.9 Å². The van der Waals surface area contributed by atoms with Crippen molar-refractivity contribution in [1.82, 2.24) is 19.3 Å². The van der Waals surface area contributed by atoms with Gasteiger partial charge in [-0.1, -0.05) is 11.8 Å². The molecule has 2 aromatic heterocycles. The number of aromatic nitrogens is 4. The Morgan fingerprint density at radius 1 is 1.38 bits per heavy atom. The average molecular weight is 348 g/mol. The van der Waals surface area contributed by atoms with Crippen molar-refractivity contribution in [2.45, 2.75) is 51.4 Å². The first kappa shape index (κ1) is 17.2. The van der Waals surface area contributed by atoms with E-state index in [9.17, 15) is 4.79 Å². The SMILES string of the molecule is Cc1nnc(SCC(=O)c2cc(C)n(C[C@H]3CCCO3)c2C)n1C. The molecule has 1 saturated heterocycles. The summed E-state index contributed by atoms with van der Waals surface area (Å²) >= 11 is 1.43. The topological polar surface area (TPSA) is 61.9 Å². The number of rotatable bonds is 6. The first-order valence-corrected chi connectivity index (χ1v) is 9.26. The molecule has 7 heteroatoms. The number of hydrogen-bond donors (Lipinski definition) is 0. The lowest BCUT2D eigenvalue weighted by atomic mass is 10.2. The molecular formula is C17H24N4O2S. The molecule has 0 saturated carbocycles. The number of nitrogens with zero attached hydrogens (tertiary/aromatic N) is 4. The van der Waals surface area contributed by atoms with E-state index in [1.807, 2.05) is 31.5 Å². The summed E-state index contributed by atoms with van der Waals surface area (Å²) in [5, 5.41) is 8.89. The maximum Gasteiger partial charge on any atom is 0.191 e. The van der Waals surface area contributed by atoms with Crippen LogP contribution >= 0.6 is 11.8 Å². The van der Waals surface area contributed by atoms with Crippen LogP contribution in [0.4, 0.5) is 0 Å². The summed E-state index contributed by atoms with van der Waals surface area (Å²) in [6.45, 7) is 7.66. The third-order valence-corrected chi connectivity index (χ3v) is 5.69. The van der Waals surface area contributed by atoms with Crippen molar-refractivity contribution in [3.63, 3.8) is 0 Å². The molecule has 0 N–H and O–H groups in total. The van der Waals surface area contributed by atoms with Gasteiger partial charge in [0.2, 0.25) is 0 Å². The Kier molecular flexibility index (Phi) is 5.10. The summed E-state index contributed by atoms with van der Waals surface area (Å²) in [5.74, 6) is 1.35. The summed E-state index contributed by atoms with van der Waals surface area (Å²) in [7, 11) is 1.91. The third kappa shape index (κ3) is 3.42. The van der Waals surface area contributed by atoms with Crippen molar-refractivity contribution in [2.24, 2.45) is 7.05 Å². The molecule has 1 aliphatic rings.